The fraction of sp³-hybridized carbons (Fsp3) is 0.429. The third-order valence-corrected chi connectivity index (χ3v) is 2.89. The molecule has 23 heavy (non-hydrogen) atoms. The van der Waals surface area contributed by atoms with Crippen LogP contribution in [0.3, 0.4) is 0 Å². The molecule has 0 bridgehead atoms. The van der Waals surface area contributed by atoms with Crippen LogP contribution in [0.4, 0.5) is 17.6 Å². The topological polar surface area (TPSA) is 49.9 Å². The molecule has 0 aromatic heterocycles. The minimum absolute atomic E-state index is 0.116. The van der Waals surface area contributed by atoms with Gasteiger partial charge in [0.05, 0.1) is 12.7 Å². The average Bonchev–Trinajstić information content (AvgIpc) is 2.44. The lowest BCUT2D eigenvalue weighted by Crippen LogP contribution is -2.45. The summed E-state index contributed by atoms with van der Waals surface area (Å²) in [5.74, 6) is -2.85. The Bertz CT molecular complexity index is 588. The number of alkyl halides is 3. The Morgan fingerprint density at radius 2 is 1.83 bits per heavy atom. The lowest BCUT2D eigenvalue weighted by molar-refractivity contribution is -0.146. The Morgan fingerprint density at radius 1 is 1.22 bits per heavy atom. The van der Waals surface area contributed by atoms with Crippen molar-refractivity contribution in [1.82, 2.24) is 9.80 Å². The van der Waals surface area contributed by atoms with Gasteiger partial charge in [0.1, 0.15) is 24.7 Å². The molecule has 0 saturated carbocycles. The summed E-state index contributed by atoms with van der Waals surface area (Å²) in [4.78, 5) is 25.1. The number of halogens is 4. The number of carbonyl (C=O) groups is 2. The number of benzene rings is 1. The second-order valence-electron chi connectivity index (χ2n) is 4.91. The first-order chi connectivity index (χ1) is 10.5. The highest BCUT2D eigenvalue weighted by Crippen LogP contribution is 2.21. The molecule has 0 radical (unpaired) electrons. The largest absolute Gasteiger partial charge is 0.497 e. The van der Waals surface area contributed by atoms with E-state index in [1.165, 1.54) is 27.3 Å². The van der Waals surface area contributed by atoms with Gasteiger partial charge in [0, 0.05) is 20.2 Å². The summed E-state index contributed by atoms with van der Waals surface area (Å²) >= 11 is 0. The van der Waals surface area contributed by atoms with Crippen LogP contribution >= 0.6 is 0 Å². The van der Waals surface area contributed by atoms with Crippen molar-refractivity contribution < 1.29 is 31.9 Å². The van der Waals surface area contributed by atoms with Gasteiger partial charge < -0.3 is 14.5 Å². The Kier molecular flexibility index (Phi) is 5.94. The van der Waals surface area contributed by atoms with Crippen molar-refractivity contribution in [3.8, 4) is 5.75 Å². The van der Waals surface area contributed by atoms with Gasteiger partial charge in [0.15, 0.2) is 0 Å². The smallest absolute Gasteiger partial charge is 0.406 e. The quantitative estimate of drug-likeness (QED) is 0.772. The Labute approximate surface area is 130 Å². The molecule has 1 rings (SSSR count). The average molecular weight is 336 g/mol. The molecular weight excluding hydrogens is 320 g/mol. The van der Waals surface area contributed by atoms with Gasteiger partial charge in [-0.15, -0.1) is 0 Å². The number of amides is 2. The van der Waals surface area contributed by atoms with Crippen molar-refractivity contribution in [1.29, 1.82) is 0 Å². The second-order valence-corrected chi connectivity index (χ2v) is 4.91. The van der Waals surface area contributed by atoms with Gasteiger partial charge >= 0.3 is 6.18 Å². The Morgan fingerprint density at radius 3 is 2.26 bits per heavy atom. The number of hydrogen-bond acceptors (Lipinski definition) is 3. The molecule has 0 aliphatic heterocycles. The molecule has 2 amide bonds. The molecular formula is C14H16F4N2O3. The Balaban J connectivity index is 3.10. The minimum Gasteiger partial charge on any atom is -0.497 e. The summed E-state index contributed by atoms with van der Waals surface area (Å²) in [6.45, 7) is -2.46. The number of methoxy groups -OCH3 is 1. The van der Waals surface area contributed by atoms with E-state index in [1.807, 2.05) is 0 Å². The number of ether oxygens (including phenoxy) is 1. The first kappa shape index (κ1) is 18.7. The maximum atomic E-state index is 13.9. The number of carbonyl (C=O) groups excluding carboxylic acids is 2. The lowest BCUT2D eigenvalue weighted by Gasteiger charge is -2.25. The maximum Gasteiger partial charge on any atom is 0.406 e. The normalized spacial score (nSPS) is 11.1. The van der Waals surface area contributed by atoms with E-state index in [-0.39, 0.29) is 10.6 Å². The Hall–Kier alpha value is -2.32. The van der Waals surface area contributed by atoms with Crippen molar-refractivity contribution in [3.05, 3.63) is 29.6 Å². The molecule has 0 fully saturated rings. The van der Waals surface area contributed by atoms with Gasteiger partial charge in [-0.3, -0.25) is 9.59 Å². The molecule has 0 heterocycles. The lowest BCUT2D eigenvalue weighted by atomic mass is 10.1. The predicted octanol–water partition coefficient (Wildman–Crippen LogP) is 1.93. The van der Waals surface area contributed by atoms with E-state index in [2.05, 4.69) is 0 Å². The van der Waals surface area contributed by atoms with Crippen molar-refractivity contribution in [2.45, 2.75) is 6.18 Å². The number of likely N-dealkylation sites (N-methyl/N-ethyl adjacent to an activating group) is 1. The molecule has 1 aromatic rings. The molecule has 0 aliphatic carbocycles. The highest BCUT2D eigenvalue weighted by atomic mass is 19.4. The monoisotopic (exact) mass is 336 g/mol. The summed E-state index contributed by atoms with van der Waals surface area (Å²) < 4.78 is 56.5. The summed E-state index contributed by atoms with van der Waals surface area (Å²) in [7, 11) is 3.96. The molecule has 0 unspecified atom stereocenters. The molecule has 1 aromatic carbocycles. The first-order valence-corrected chi connectivity index (χ1v) is 6.45. The van der Waals surface area contributed by atoms with Gasteiger partial charge in [-0.2, -0.15) is 13.2 Å². The third-order valence-electron chi connectivity index (χ3n) is 2.89. The number of nitrogens with zero attached hydrogens (tertiary/aromatic N) is 2. The van der Waals surface area contributed by atoms with Crippen LogP contribution in [-0.2, 0) is 4.79 Å². The predicted molar refractivity (Wildman–Crippen MR) is 73.6 cm³/mol. The van der Waals surface area contributed by atoms with Crippen molar-refractivity contribution in [2.75, 3.05) is 34.3 Å². The van der Waals surface area contributed by atoms with Gasteiger partial charge in [0.25, 0.3) is 5.91 Å². The standard InChI is InChI=1S/C14H16F4N2O3/c1-19(2)12(21)7-20(8-14(16,17)18)13(22)10-5-4-9(23-3)6-11(10)15/h4-6H,7-8H2,1-3H3. The molecule has 0 spiro atoms. The summed E-state index contributed by atoms with van der Waals surface area (Å²) in [6, 6.07) is 3.14. The third kappa shape index (κ3) is 5.42. The summed E-state index contributed by atoms with van der Waals surface area (Å²) in [6.07, 6.45) is -4.72. The number of rotatable bonds is 5. The highest BCUT2D eigenvalue weighted by Gasteiger charge is 2.35. The van der Waals surface area contributed by atoms with E-state index in [1.54, 1.807) is 0 Å². The SMILES string of the molecule is COc1ccc(C(=O)N(CC(=O)N(C)C)CC(F)(F)F)c(F)c1. The highest BCUT2D eigenvalue weighted by molar-refractivity contribution is 5.96. The van der Waals surface area contributed by atoms with E-state index in [4.69, 9.17) is 4.74 Å². The van der Waals surface area contributed by atoms with Crippen molar-refractivity contribution in [2.24, 2.45) is 0 Å². The molecule has 5 nitrogen and oxygen atoms in total. The zero-order chi connectivity index (χ0) is 17.8. The van der Waals surface area contributed by atoms with E-state index in [0.717, 1.165) is 17.0 Å². The molecule has 9 heteroatoms. The van der Waals surface area contributed by atoms with Gasteiger partial charge in [0.2, 0.25) is 5.91 Å². The minimum atomic E-state index is -4.72. The van der Waals surface area contributed by atoms with Crippen LogP contribution in [0.25, 0.3) is 0 Å². The zero-order valence-corrected chi connectivity index (χ0v) is 12.8. The number of hydrogen-bond donors (Lipinski definition) is 0. The van der Waals surface area contributed by atoms with E-state index < -0.39 is 42.5 Å². The van der Waals surface area contributed by atoms with Gasteiger partial charge in [-0.1, -0.05) is 0 Å². The first-order valence-electron chi connectivity index (χ1n) is 6.45. The van der Waals surface area contributed by atoms with Crippen LogP contribution in [0.5, 0.6) is 5.75 Å². The molecule has 0 aliphatic rings. The molecule has 0 atom stereocenters. The van der Waals surface area contributed by atoms with Crippen molar-refractivity contribution in [3.63, 3.8) is 0 Å². The molecule has 0 saturated heterocycles. The molecule has 0 N–H and O–H groups in total. The fourth-order valence-electron chi connectivity index (χ4n) is 1.69. The summed E-state index contributed by atoms with van der Waals surface area (Å²) in [5, 5.41) is 0. The van der Waals surface area contributed by atoms with Crippen LogP contribution in [0.15, 0.2) is 18.2 Å². The van der Waals surface area contributed by atoms with Crippen LogP contribution in [0.1, 0.15) is 10.4 Å². The fourth-order valence-corrected chi connectivity index (χ4v) is 1.69. The second kappa shape index (κ2) is 7.30. The van der Waals surface area contributed by atoms with E-state index in [0.29, 0.717) is 0 Å². The van der Waals surface area contributed by atoms with Crippen LogP contribution in [-0.4, -0.2) is 62.1 Å². The van der Waals surface area contributed by atoms with Crippen LogP contribution in [0.2, 0.25) is 0 Å². The van der Waals surface area contributed by atoms with Crippen molar-refractivity contribution >= 4 is 11.8 Å². The molecule has 128 valence electrons. The maximum absolute atomic E-state index is 13.9. The van der Waals surface area contributed by atoms with Gasteiger partial charge in [-0.25, -0.2) is 4.39 Å². The van der Waals surface area contributed by atoms with Crippen LogP contribution in [0, 0.1) is 5.82 Å². The van der Waals surface area contributed by atoms with E-state index in [9.17, 15) is 27.2 Å². The zero-order valence-electron chi connectivity index (χ0n) is 12.8. The van der Waals surface area contributed by atoms with Crippen LogP contribution < -0.4 is 4.74 Å². The van der Waals surface area contributed by atoms with Gasteiger partial charge in [-0.05, 0) is 12.1 Å². The summed E-state index contributed by atoms with van der Waals surface area (Å²) in [5.41, 5.74) is -0.568. The van der Waals surface area contributed by atoms with E-state index >= 15 is 0 Å².